The lowest BCUT2D eigenvalue weighted by Gasteiger charge is -2.38. The van der Waals surface area contributed by atoms with E-state index in [0.29, 0.717) is 31.1 Å². The van der Waals surface area contributed by atoms with Crippen LogP contribution in [0.5, 0.6) is 0 Å². The minimum atomic E-state index is -3.52. The fourth-order valence-corrected chi connectivity index (χ4v) is 7.33. The van der Waals surface area contributed by atoms with E-state index in [-0.39, 0.29) is 11.8 Å². The molecule has 0 unspecified atom stereocenters. The summed E-state index contributed by atoms with van der Waals surface area (Å²) in [7, 11) is -3.52. The molecule has 2 aromatic heterocycles. The third-order valence-electron chi connectivity index (χ3n) is 7.02. The molecule has 0 atom stereocenters. The minimum absolute atomic E-state index is 0.0313. The summed E-state index contributed by atoms with van der Waals surface area (Å²) >= 11 is 1.70. The first-order valence-corrected chi connectivity index (χ1v) is 13.9. The van der Waals surface area contributed by atoms with Crippen LogP contribution in [-0.4, -0.2) is 72.8 Å². The molecule has 10 heteroatoms. The number of benzene rings is 1. The average Bonchev–Trinajstić information content (AvgIpc) is 3.17. The second-order valence-electron chi connectivity index (χ2n) is 8.96. The van der Waals surface area contributed by atoms with Crippen molar-refractivity contribution >= 4 is 43.3 Å². The predicted octanol–water partition coefficient (Wildman–Crippen LogP) is 3.06. The number of piperidine rings is 1. The maximum Gasteiger partial charge on any atom is 0.243 e. The van der Waals surface area contributed by atoms with E-state index in [0.717, 1.165) is 42.0 Å². The number of sulfonamides is 1. The molecule has 0 radical (unpaired) electrons. The molecule has 0 spiro atoms. The van der Waals surface area contributed by atoms with Crippen molar-refractivity contribution in [3.05, 3.63) is 47.1 Å². The van der Waals surface area contributed by atoms with E-state index < -0.39 is 10.0 Å². The van der Waals surface area contributed by atoms with E-state index in [4.69, 9.17) is 0 Å². The third kappa shape index (κ3) is 4.18. The Labute approximate surface area is 204 Å². The molecule has 0 N–H and O–H groups in total. The molecule has 3 aromatic rings. The number of fused-ring (bicyclic) bond motifs is 1. The quantitative estimate of drug-likeness (QED) is 0.548. The monoisotopic (exact) mass is 499 g/mol. The molecule has 2 aliphatic heterocycles. The van der Waals surface area contributed by atoms with E-state index in [1.165, 1.54) is 14.7 Å². The van der Waals surface area contributed by atoms with Crippen LogP contribution in [-0.2, 0) is 14.8 Å². The first kappa shape index (κ1) is 23.2. The van der Waals surface area contributed by atoms with Gasteiger partial charge in [0, 0.05) is 50.1 Å². The molecule has 0 bridgehead atoms. The summed E-state index contributed by atoms with van der Waals surface area (Å²) in [6.07, 6.45) is 3.18. The van der Waals surface area contributed by atoms with Crippen LogP contribution in [0.1, 0.15) is 23.3 Å². The molecule has 0 aliphatic carbocycles. The van der Waals surface area contributed by atoms with E-state index in [1.807, 2.05) is 4.90 Å². The molecule has 34 heavy (non-hydrogen) atoms. The Morgan fingerprint density at radius 2 is 1.65 bits per heavy atom. The zero-order valence-electron chi connectivity index (χ0n) is 19.5. The van der Waals surface area contributed by atoms with Gasteiger partial charge in [0.2, 0.25) is 15.9 Å². The molecule has 2 saturated heterocycles. The first-order valence-electron chi connectivity index (χ1n) is 11.7. The second kappa shape index (κ2) is 9.24. The molecule has 8 nitrogen and oxygen atoms in total. The summed E-state index contributed by atoms with van der Waals surface area (Å²) in [5.41, 5.74) is 1.23. The van der Waals surface area contributed by atoms with Gasteiger partial charge in [-0.25, -0.2) is 18.4 Å². The van der Waals surface area contributed by atoms with Crippen molar-refractivity contribution in [1.82, 2.24) is 19.2 Å². The highest BCUT2D eigenvalue weighted by molar-refractivity contribution is 7.89. The van der Waals surface area contributed by atoms with Crippen LogP contribution in [0.4, 0.5) is 5.82 Å². The number of hydrogen-bond acceptors (Lipinski definition) is 7. The number of aryl methyl sites for hydroxylation is 2. The zero-order chi connectivity index (χ0) is 23.9. The maximum absolute atomic E-state index is 13.2. The number of piperazine rings is 1. The van der Waals surface area contributed by atoms with Gasteiger partial charge >= 0.3 is 0 Å². The van der Waals surface area contributed by atoms with Crippen molar-refractivity contribution in [2.24, 2.45) is 5.92 Å². The highest BCUT2D eigenvalue weighted by Crippen LogP contribution is 2.35. The number of rotatable bonds is 4. The Kier molecular flexibility index (Phi) is 6.30. The zero-order valence-corrected chi connectivity index (χ0v) is 21.1. The third-order valence-corrected chi connectivity index (χ3v) is 10.0. The van der Waals surface area contributed by atoms with E-state index >= 15 is 0 Å². The smallest absolute Gasteiger partial charge is 0.243 e. The number of amides is 1. The van der Waals surface area contributed by atoms with Crippen LogP contribution in [0.15, 0.2) is 41.6 Å². The van der Waals surface area contributed by atoms with Gasteiger partial charge in [0.15, 0.2) is 0 Å². The highest BCUT2D eigenvalue weighted by atomic mass is 32.2. The van der Waals surface area contributed by atoms with Gasteiger partial charge in [-0.2, -0.15) is 4.31 Å². The maximum atomic E-state index is 13.2. The highest BCUT2D eigenvalue weighted by Gasteiger charge is 2.34. The molecule has 2 fully saturated rings. The Morgan fingerprint density at radius 3 is 2.32 bits per heavy atom. The Hall–Kier alpha value is -2.56. The van der Waals surface area contributed by atoms with Gasteiger partial charge in [0.05, 0.1) is 10.3 Å². The molecular formula is C24H29N5O3S2. The lowest BCUT2D eigenvalue weighted by atomic mass is 9.94. The summed E-state index contributed by atoms with van der Waals surface area (Å²) in [6.45, 7) is 7.32. The van der Waals surface area contributed by atoms with Crippen LogP contribution in [0.3, 0.4) is 0 Å². The summed E-state index contributed by atoms with van der Waals surface area (Å²) < 4.78 is 27.2. The van der Waals surface area contributed by atoms with Gasteiger partial charge in [0.25, 0.3) is 0 Å². The molecule has 2 aliphatic rings. The SMILES string of the molecule is Cc1sc2ncnc(N3CCC(C(=O)N4CCN(S(=O)(=O)c5ccccc5)CC4)CC3)c2c1C. The van der Waals surface area contributed by atoms with Crippen molar-refractivity contribution in [2.75, 3.05) is 44.2 Å². The fourth-order valence-electron chi connectivity index (χ4n) is 4.89. The fraction of sp³-hybridized carbons (Fsp3) is 0.458. The van der Waals surface area contributed by atoms with Crippen molar-refractivity contribution < 1.29 is 13.2 Å². The topological polar surface area (TPSA) is 86.7 Å². The predicted molar refractivity (Wildman–Crippen MR) is 134 cm³/mol. The minimum Gasteiger partial charge on any atom is -0.356 e. The summed E-state index contributed by atoms with van der Waals surface area (Å²) in [5, 5.41) is 1.13. The van der Waals surface area contributed by atoms with Crippen molar-refractivity contribution in [3.63, 3.8) is 0 Å². The summed E-state index contributed by atoms with van der Waals surface area (Å²) in [4.78, 5) is 28.9. The molecule has 1 aromatic carbocycles. The molecule has 0 saturated carbocycles. The number of carbonyl (C=O) groups is 1. The van der Waals surface area contributed by atoms with Crippen molar-refractivity contribution in [2.45, 2.75) is 31.6 Å². The Bertz CT molecular complexity index is 1290. The van der Waals surface area contributed by atoms with Gasteiger partial charge in [0.1, 0.15) is 17.0 Å². The molecular weight excluding hydrogens is 470 g/mol. The van der Waals surface area contributed by atoms with Gasteiger partial charge in [-0.3, -0.25) is 4.79 Å². The number of carbonyl (C=O) groups excluding carboxylic acids is 1. The lowest BCUT2D eigenvalue weighted by Crippen LogP contribution is -2.52. The number of thiophene rings is 1. The van der Waals surface area contributed by atoms with Crippen LogP contribution >= 0.6 is 11.3 Å². The second-order valence-corrected chi connectivity index (χ2v) is 12.1. The van der Waals surface area contributed by atoms with Crippen LogP contribution in [0, 0.1) is 19.8 Å². The number of nitrogens with zero attached hydrogens (tertiary/aromatic N) is 5. The largest absolute Gasteiger partial charge is 0.356 e. The normalized spacial score (nSPS) is 18.5. The van der Waals surface area contributed by atoms with Gasteiger partial charge in [-0.1, -0.05) is 18.2 Å². The number of aromatic nitrogens is 2. The first-order chi connectivity index (χ1) is 16.4. The van der Waals surface area contributed by atoms with E-state index in [2.05, 4.69) is 28.7 Å². The summed E-state index contributed by atoms with van der Waals surface area (Å²) in [5.74, 6) is 1.08. The summed E-state index contributed by atoms with van der Waals surface area (Å²) in [6, 6.07) is 8.49. The van der Waals surface area contributed by atoms with Crippen LogP contribution in [0.25, 0.3) is 10.2 Å². The average molecular weight is 500 g/mol. The lowest BCUT2D eigenvalue weighted by molar-refractivity contribution is -0.137. The molecule has 5 rings (SSSR count). The number of anilines is 1. The van der Waals surface area contributed by atoms with Gasteiger partial charge in [-0.05, 0) is 44.4 Å². The number of hydrogen-bond donors (Lipinski definition) is 0. The Morgan fingerprint density at radius 1 is 0.971 bits per heavy atom. The standard InChI is InChI=1S/C24H29N5O3S2/c1-17-18(2)33-23-21(17)22(25-16-26-23)27-10-8-19(9-11-27)24(30)28-12-14-29(15-13-28)34(31,32)20-6-4-3-5-7-20/h3-7,16,19H,8-15H2,1-2H3. The molecule has 180 valence electrons. The van der Waals surface area contributed by atoms with Crippen molar-refractivity contribution in [1.29, 1.82) is 0 Å². The Balaban J connectivity index is 1.20. The van der Waals surface area contributed by atoms with Gasteiger partial charge in [-0.15, -0.1) is 11.3 Å². The van der Waals surface area contributed by atoms with Crippen molar-refractivity contribution in [3.8, 4) is 0 Å². The van der Waals surface area contributed by atoms with Gasteiger partial charge < -0.3 is 9.80 Å². The van der Waals surface area contributed by atoms with E-state index in [9.17, 15) is 13.2 Å². The van der Waals surface area contributed by atoms with Crippen LogP contribution in [0.2, 0.25) is 0 Å². The van der Waals surface area contributed by atoms with E-state index in [1.54, 1.807) is 48.0 Å². The van der Waals surface area contributed by atoms with Crippen LogP contribution < -0.4 is 4.90 Å². The molecule has 1 amide bonds. The molecule has 4 heterocycles.